The highest BCUT2D eigenvalue weighted by Gasteiger charge is 2.40. The Kier molecular flexibility index (Phi) is 7.01. The molecule has 2 aromatic rings. The van der Waals surface area contributed by atoms with Gasteiger partial charge in [0.25, 0.3) is 0 Å². The number of aromatic nitrogens is 1. The highest BCUT2D eigenvalue weighted by atomic mass is 32.2. The molecule has 1 aliphatic heterocycles. The Balaban J connectivity index is 1.74. The van der Waals surface area contributed by atoms with Gasteiger partial charge in [0.2, 0.25) is 10.0 Å². The first-order valence-electron chi connectivity index (χ1n) is 12.1. The van der Waals surface area contributed by atoms with Crippen LogP contribution in [0.15, 0.2) is 47.5 Å². The van der Waals surface area contributed by atoms with E-state index in [-0.39, 0.29) is 17.0 Å². The van der Waals surface area contributed by atoms with Gasteiger partial charge in [0.15, 0.2) is 0 Å². The Morgan fingerprint density at radius 2 is 1.74 bits per heavy atom. The van der Waals surface area contributed by atoms with Crippen LogP contribution < -0.4 is 4.90 Å². The predicted molar refractivity (Wildman–Crippen MR) is 132 cm³/mol. The van der Waals surface area contributed by atoms with Crippen LogP contribution in [-0.2, 0) is 14.8 Å². The highest BCUT2D eigenvalue weighted by molar-refractivity contribution is 7.89. The molecule has 1 amide bonds. The number of ether oxygens (including phenoxy) is 1. The molecule has 0 unspecified atom stereocenters. The number of carbonyl (C=O) groups is 1. The molecule has 1 aromatic heterocycles. The first-order valence-corrected chi connectivity index (χ1v) is 13.6. The molecule has 0 radical (unpaired) electrons. The van der Waals surface area contributed by atoms with Gasteiger partial charge in [-0.2, -0.15) is 4.31 Å². The van der Waals surface area contributed by atoms with Gasteiger partial charge in [-0.25, -0.2) is 18.2 Å². The van der Waals surface area contributed by atoms with Crippen LogP contribution in [0.3, 0.4) is 0 Å². The highest BCUT2D eigenvalue weighted by Crippen LogP contribution is 2.41. The number of amides is 1. The van der Waals surface area contributed by atoms with Crippen molar-refractivity contribution < 1.29 is 17.9 Å². The van der Waals surface area contributed by atoms with E-state index in [1.54, 1.807) is 27.5 Å². The van der Waals surface area contributed by atoms with Crippen molar-refractivity contribution in [2.75, 3.05) is 11.4 Å². The molecule has 2 aliphatic rings. The summed E-state index contributed by atoms with van der Waals surface area (Å²) in [7, 11) is -3.69. The Labute approximate surface area is 203 Å². The van der Waals surface area contributed by atoms with E-state index in [9.17, 15) is 13.2 Å². The summed E-state index contributed by atoms with van der Waals surface area (Å²) in [6, 6.07) is 10.3. The Bertz CT molecular complexity index is 1120. The van der Waals surface area contributed by atoms with Crippen LogP contribution in [0.4, 0.5) is 10.6 Å². The minimum Gasteiger partial charge on any atom is -0.443 e. The normalized spacial score (nSPS) is 19.9. The van der Waals surface area contributed by atoms with E-state index >= 15 is 0 Å². The second-order valence-electron chi connectivity index (χ2n) is 10.3. The van der Waals surface area contributed by atoms with Gasteiger partial charge >= 0.3 is 6.09 Å². The fraction of sp³-hybridized carbons (Fsp3) is 0.538. The van der Waals surface area contributed by atoms with Crippen LogP contribution in [0.25, 0.3) is 0 Å². The molecule has 7 nitrogen and oxygen atoms in total. The zero-order valence-corrected chi connectivity index (χ0v) is 21.3. The molecule has 0 N–H and O–H groups in total. The second-order valence-corrected chi connectivity index (χ2v) is 12.2. The average Bonchev–Trinajstić information content (AvgIpc) is 3.46. The number of rotatable bonds is 5. The molecule has 1 aliphatic carbocycles. The van der Waals surface area contributed by atoms with E-state index in [0.717, 1.165) is 43.2 Å². The van der Waals surface area contributed by atoms with Gasteiger partial charge in [0.1, 0.15) is 11.4 Å². The second kappa shape index (κ2) is 9.66. The zero-order valence-electron chi connectivity index (χ0n) is 20.5. The van der Waals surface area contributed by atoms with Crippen molar-refractivity contribution >= 4 is 21.9 Å². The van der Waals surface area contributed by atoms with Crippen LogP contribution in [0, 0.1) is 6.92 Å². The number of carbonyl (C=O) groups excluding carboxylic acids is 1. The zero-order chi connectivity index (χ0) is 24.5. The number of benzene rings is 1. The minimum atomic E-state index is -3.69. The number of nitrogens with zero attached hydrogens (tertiary/aromatic N) is 3. The Morgan fingerprint density at radius 3 is 2.38 bits per heavy atom. The van der Waals surface area contributed by atoms with Gasteiger partial charge in [-0.1, -0.05) is 36.6 Å². The third kappa shape index (κ3) is 5.13. The van der Waals surface area contributed by atoms with Crippen molar-refractivity contribution in [3.8, 4) is 0 Å². The first kappa shape index (κ1) is 24.7. The molecule has 2 fully saturated rings. The maximum Gasteiger partial charge on any atom is 0.416 e. The number of pyridine rings is 1. The van der Waals surface area contributed by atoms with E-state index in [1.165, 1.54) is 0 Å². The topological polar surface area (TPSA) is 79.8 Å². The standard InChI is InChI=1S/C26H35N3O4S/c1-19-13-15-21(16-14-19)34(31,32)28-18-8-12-23(28)22-11-7-17-27-24(22)29(20-9-5-6-10-20)25(30)33-26(2,3)4/h7,11,13-17,20,23H,5-6,8-10,12,18H2,1-4H3/t23-/m1/s1. The molecular formula is C26H35N3O4S. The summed E-state index contributed by atoms with van der Waals surface area (Å²) < 4.78 is 34.5. The van der Waals surface area contributed by atoms with Crippen molar-refractivity contribution in [2.24, 2.45) is 0 Å². The largest absolute Gasteiger partial charge is 0.443 e. The number of anilines is 1. The quantitative estimate of drug-likeness (QED) is 0.551. The Hall–Kier alpha value is -2.45. The number of aryl methyl sites for hydroxylation is 1. The van der Waals surface area contributed by atoms with E-state index in [2.05, 4.69) is 4.98 Å². The molecule has 1 saturated carbocycles. The lowest BCUT2D eigenvalue weighted by Crippen LogP contribution is -2.44. The summed E-state index contributed by atoms with van der Waals surface area (Å²) in [5.74, 6) is 0.514. The van der Waals surface area contributed by atoms with Crippen molar-refractivity contribution in [1.29, 1.82) is 0 Å². The van der Waals surface area contributed by atoms with Gasteiger partial charge in [-0.05, 0) is 71.6 Å². The lowest BCUT2D eigenvalue weighted by Gasteiger charge is -2.34. The summed E-state index contributed by atoms with van der Waals surface area (Å²) in [5.41, 5.74) is 1.13. The van der Waals surface area contributed by atoms with Crippen LogP contribution in [0.1, 0.15) is 76.5 Å². The molecule has 8 heteroatoms. The predicted octanol–water partition coefficient (Wildman–Crippen LogP) is 5.60. The van der Waals surface area contributed by atoms with Crippen LogP contribution in [-0.4, -0.2) is 42.0 Å². The number of hydrogen-bond donors (Lipinski definition) is 0. The molecule has 1 aromatic carbocycles. The SMILES string of the molecule is Cc1ccc(S(=O)(=O)N2CCC[C@@H]2c2cccnc2N(C(=O)OC(C)(C)C)C2CCCC2)cc1. The molecule has 0 bridgehead atoms. The lowest BCUT2D eigenvalue weighted by molar-refractivity contribution is 0.0564. The molecule has 1 atom stereocenters. The molecule has 184 valence electrons. The molecule has 1 saturated heterocycles. The third-order valence-electron chi connectivity index (χ3n) is 6.52. The molecule has 0 spiro atoms. The molecule has 34 heavy (non-hydrogen) atoms. The van der Waals surface area contributed by atoms with Crippen molar-refractivity contribution in [2.45, 2.75) is 88.8 Å². The first-order chi connectivity index (χ1) is 16.1. The number of sulfonamides is 1. The summed E-state index contributed by atoms with van der Waals surface area (Å²) in [5, 5.41) is 0. The fourth-order valence-electron chi connectivity index (χ4n) is 4.94. The summed E-state index contributed by atoms with van der Waals surface area (Å²) in [6.07, 6.45) is 6.52. The van der Waals surface area contributed by atoms with Crippen LogP contribution in [0.5, 0.6) is 0 Å². The summed E-state index contributed by atoms with van der Waals surface area (Å²) in [4.78, 5) is 20.0. The third-order valence-corrected chi connectivity index (χ3v) is 8.44. The van der Waals surface area contributed by atoms with Crippen molar-refractivity contribution in [3.05, 3.63) is 53.7 Å². The van der Waals surface area contributed by atoms with Crippen LogP contribution in [0.2, 0.25) is 0 Å². The van der Waals surface area contributed by atoms with E-state index < -0.39 is 21.7 Å². The maximum absolute atomic E-state index is 13.6. The maximum atomic E-state index is 13.6. The van der Waals surface area contributed by atoms with E-state index in [0.29, 0.717) is 18.8 Å². The number of hydrogen-bond acceptors (Lipinski definition) is 5. The molecule has 4 rings (SSSR count). The van der Waals surface area contributed by atoms with Gasteiger partial charge in [-0.15, -0.1) is 0 Å². The monoisotopic (exact) mass is 485 g/mol. The van der Waals surface area contributed by atoms with Gasteiger partial charge in [0.05, 0.1) is 10.9 Å². The average molecular weight is 486 g/mol. The minimum absolute atomic E-state index is 0.00735. The van der Waals surface area contributed by atoms with Crippen molar-refractivity contribution in [1.82, 2.24) is 9.29 Å². The molecule has 2 heterocycles. The van der Waals surface area contributed by atoms with Gasteiger partial charge < -0.3 is 4.74 Å². The lowest BCUT2D eigenvalue weighted by atomic mass is 10.0. The fourth-order valence-corrected chi connectivity index (χ4v) is 6.61. The van der Waals surface area contributed by atoms with Gasteiger partial charge in [0, 0.05) is 24.3 Å². The Morgan fingerprint density at radius 1 is 1.06 bits per heavy atom. The van der Waals surface area contributed by atoms with Crippen molar-refractivity contribution in [3.63, 3.8) is 0 Å². The van der Waals surface area contributed by atoms with Gasteiger partial charge in [-0.3, -0.25) is 4.90 Å². The summed E-state index contributed by atoms with van der Waals surface area (Å²) in [6.45, 7) is 7.92. The summed E-state index contributed by atoms with van der Waals surface area (Å²) >= 11 is 0. The smallest absolute Gasteiger partial charge is 0.416 e. The van der Waals surface area contributed by atoms with E-state index in [4.69, 9.17) is 4.74 Å². The van der Waals surface area contributed by atoms with Crippen LogP contribution >= 0.6 is 0 Å². The molecular weight excluding hydrogens is 450 g/mol. The van der Waals surface area contributed by atoms with E-state index in [1.807, 2.05) is 52.0 Å².